The molecule has 0 radical (unpaired) electrons. The number of piperidine rings is 1. The van der Waals surface area contributed by atoms with E-state index in [0.717, 1.165) is 25.3 Å². The largest absolute Gasteiger partial charge is 0.303 e. The minimum absolute atomic E-state index is 0.153. The smallest absolute Gasteiger partial charge is 0.244 e. The Morgan fingerprint density at radius 2 is 1.93 bits per heavy atom. The normalized spacial score (nSPS) is 28.7. The Balaban J connectivity index is 1.36. The van der Waals surface area contributed by atoms with Crippen LogP contribution in [0.25, 0.3) is 0 Å². The molecule has 6 heteroatoms. The van der Waals surface area contributed by atoms with Gasteiger partial charge in [0, 0.05) is 32.0 Å². The molecule has 0 amide bonds. The maximum absolute atomic E-state index is 12.9. The Morgan fingerprint density at radius 3 is 2.70 bits per heavy atom. The van der Waals surface area contributed by atoms with Crippen LogP contribution in [-0.4, -0.2) is 55.3 Å². The van der Waals surface area contributed by atoms with E-state index < -0.39 is 10.0 Å². The minimum atomic E-state index is -3.41. The van der Waals surface area contributed by atoms with Crippen LogP contribution in [0.2, 0.25) is 0 Å². The summed E-state index contributed by atoms with van der Waals surface area (Å²) in [7, 11) is -3.41. The monoisotopic (exact) mass is 391 g/mol. The third kappa shape index (κ3) is 4.38. The minimum Gasteiger partial charge on any atom is -0.303 e. The molecule has 0 aromatic carbocycles. The van der Waals surface area contributed by atoms with Gasteiger partial charge in [0.15, 0.2) is 0 Å². The quantitative estimate of drug-likeness (QED) is 0.770. The van der Waals surface area contributed by atoms with E-state index in [0.29, 0.717) is 18.0 Å². The first kappa shape index (κ1) is 19.3. The number of aromatic nitrogens is 1. The van der Waals surface area contributed by atoms with Gasteiger partial charge in [-0.3, -0.25) is 4.98 Å². The van der Waals surface area contributed by atoms with Crippen LogP contribution in [0.5, 0.6) is 0 Å². The maximum Gasteiger partial charge on any atom is 0.244 e. The fraction of sp³-hybridized carbons (Fsp3) is 0.762. The molecule has 1 unspecified atom stereocenters. The second-order valence-electron chi connectivity index (χ2n) is 8.95. The van der Waals surface area contributed by atoms with Gasteiger partial charge in [-0.2, -0.15) is 4.31 Å². The summed E-state index contributed by atoms with van der Waals surface area (Å²) in [6.07, 6.45) is 14.8. The van der Waals surface area contributed by atoms with Crippen molar-refractivity contribution in [2.75, 3.05) is 32.7 Å². The second-order valence-corrected chi connectivity index (χ2v) is 10.9. The Bertz CT molecular complexity index is 718. The van der Waals surface area contributed by atoms with Crippen LogP contribution in [0.15, 0.2) is 29.4 Å². The average Bonchev–Trinajstić information content (AvgIpc) is 3.12. The van der Waals surface area contributed by atoms with Crippen LogP contribution in [-0.2, 0) is 10.0 Å². The Hall–Kier alpha value is -0.980. The summed E-state index contributed by atoms with van der Waals surface area (Å²) in [4.78, 5) is 6.94. The topological polar surface area (TPSA) is 53.5 Å². The number of hydrogen-bond acceptors (Lipinski definition) is 4. The summed E-state index contributed by atoms with van der Waals surface area (Å²) in [6.45, 7) is 4.77. The van der Waals surface area contributed by atoms with Crippen molar-refractivity contribution < 1.29 is 8.42 Å². The van der Waals surface area contributed by atoms with Crippen LogP contribution >= 0.6 is 0 Å². The lowest BCUT2D eigenvalue weighted by Crippen LogP contribution is -2.45. The molecular weight excluding hydrogens is 358 g/mol. The third-order valence-corrected chi connectivity index (χ3v) is 8.82. The van der Waals surface area contributed by atoms with Crippen LogP contribution in [0.1, 0.15) is 57.8 Å². The van der Waals surface area contributed by atoms with Gasteiger partial charge < -0.3 is 4.90 Å². The van der Waals surface area contributed by atoms with Crippen LogP contribution < -0.4 is 0 Å². The highest BCUT2D eigenvalue weighted by Crippen LogP contribution is 2.41. The van der Waals surface area contributed by atoms with E-state index in [1.807, 2.05) is 0 Å². The van der Waals surface area contributed by atoms with Gasteiger partial charge in [0.05, 0.1) is 0 Å². The molecule has 1 spiro atoms. The second kappa shape index (κ2) is 8.18. The molecule has 150 valence electrons. The highest BCUT2D eigenvalue weighted by atomic mass is 32.2. The van der Waals surface area contributed by atoms with Gasteiger partial charge in [0.1, 0.15) is 4.90 Å². The van der Waals surface area contributed by atoms with Crippen LogP contribution in [0.4, 0.5) is 0 Å². The number of likely N-dealkylation sites (tertiary alicyclic amines) is 1. The molecule has 3 heterocycles. The predicted octanol–water partition coefficient (Wildman–Crippen LogP) is 3.53. The standard InChI is InChI=1S/C21H33N3O2S/c25-27(26,20-8-4-12-22-16-20)24-15-11-21(18-24)10-5-13-23(17-21)14-9-19-6-2-1-3-7-19/h4,8,12,16,19H,1-3,5-7,9-11,13-15,17-18H2. The van der Waals surface area contributed by atoms with Gasteiger partial charge >= 0.3 is 0 Å². The first-order valence-electron chi connectivity index (χ1n) is 10.7. The van der Waals surface area contributed by atoms with E-state index in [9.17, 15) is 8.42 Å². The molecule has 1 aliphatic carbocycles. The number of nitrogens with zero attached hydrogens (tertiary/aromatic N) is 3. The van der Waals surface area contributed by atoms with Gasteiger partial charge in [-0.05, 0) is 62.2 Å². The summed E-state index contributed by atoms with van der Waals surface area (Å²) >= 11 is 0. The summed E-state index contributed by atoms with van der Waals surface area (Å²) in [5.41, 5.74) is 0.153. The molecule has 1 saturated carbocycles. The van der Waals surface area contributed by atoms with E-state index in [4.69, 9.17) is 0 Å². The average molecular weight is 392 g/mol. The summed E-state index contributed by atoms with van der Waals surface area (Å²) in [6, 6.07) is 3.36. The van der Waals surface area contributed by atoms with Crippen molar-refractivity contribution >= 4 is 10.0 Å². The Morgan fingerprint density at radius 1 is 1.07 bits per heavy atom. The molecule has 1 aromatic rings. The van der Waals surface area contributed by atoms with E-state index in [-0.39, 0.29) is 5.41 Å². The fourth-order valence-corrected chi connectivity index (χ4v) is 6.94. The van der Waals surface area contributed by atoms with Crippen molar-refractivity contribution in [1.82, 2.24) is 14.2 Å². The lowest BCUT2D eigenvalue weighted by molar-refractivity contribution is 0.0918. The lowest BCUT2D eigenvalue weighted by atomic mass is 9.79. The van der Waals surface area contributed by atoms with Crippen LogP contribution in [0, 0.1) is 11.3 Å². The molecule has 2 aliphatic heterocycles. The summed E-state index contributed by atoms with van der Waals surface area (Å²) in [5.74, 6) is 0.919. The molecule has 5 nitrogen and oxygen atoms in total. The lowest BCUT2D eigenvalue weighted by Gasteiger charge is -2.41. The van der Waals surface area contributed by atoms with E-state index >= 15 is 0 Å². The first-order valence-corrected chi connectivity index (χ1v) is 12.1. The zero-order chi connectivity index (χ0) is 18.7. The fourth-order valence-electron chi connectivity index (χ4n) is 5.42. The third-order valence-electron chi connectivity index (χ3n) is 6.99. The molecule has 4 rings (SSSR count). The number of hydrogen-bond donors (Lipinski definition) is 0. The van der Waals surface area contributed by atoms with E-state index in [2.05, 4.69) is 9.88 Å². The van der Waals surface area contributed by atoms with Crippen LogP contribution in [0.3, 0.4) is 0 Å². The van der Waals surface area contributed by atoms with Crippen molar-refractivity contribution in [3.63, 3.8) is 0 Å². The van der Waals surface area contributed by atoms with Crippen molar-refractivity contribution in [3.8, 4) is 0 Å². The van der Waals surface area contributed by atoms with Gasteiger partial charge in [0.2, 0.25) is 10.0 Å². The molecule has 1 aromatic heterocycles. The Labute approximate surface area is 164 Å². The first-order chi connectivity index (χ1) is 13.1. The van der Waals surface area contributed by atoms with Crippen molar-refractivity contribution in [2.45, 2.75) is 62.7 Å². The van der Waals surface area contributed by atoms with E-state index in [1.54, 1.807) is 22.6 Å². The van der Waals surface area contributed by atoms with Gasteiger partial charge in [-0.1, -0.05) is 32.1 Å². The predicted molar refractivity (Wildman–Crippen MR) is 107 cm³/mol. The zero-order valence-corrected chi connectivity index (χ0v) is 17.2. The SMILES string of the molecule is O=S(=O)(c1cccnc1)N1CCC2(CCCN(CCC3CCCCC3)C2)C1. The number of sulfonamides is 1. The number of pyridine rings is 1. The molecule has 3 fully saturated rings. The van der Waals surface area contributed by atoms with E-state index in [1.165, 1.54) is 64.2 Å². The molecule has 1 atom stereocenters. The van der Waals surface area contributed by atoms with Crippen molar-refractivity contribution in [1.29, 1.82) is 0 Å². The summed E-state index contributed by atoms with van der Waals surface area (Å²) in [5, 5.41) is 0. The van der Waals surface area contributed by atoms with Crippen molar-refractivity contribution in [2.24, 2.45) is 11.3 Å². The molecule has 27 heavy (non-hydrogen) atoms. The van der Waals surface area contributed by atoms with Crippen molar-refractivity contribution in [3.05, 3.63) is 24.5 Å². The molecule has 2 saturated heterocycles. The number of rotatable bonds is 5. The van der Waals surface area contributed by atoms with Gasteiger partial charge in [0.25, 0.3) is 0 Å². The highest BCUT2D eigenvalue weighted by molar-refractivity contribution is 7.89. The Kier molecular flexibility index (Phi) is 5.86. The zero-order valence-electron chi connectivity index (χ0n) is 16.4. The highest BCUT2D eigenvalue weighted by Gasteiger charge is 2.45. The molecule has 3 aliphatic rings. The molecule has 0 bridgehead atoms. The maximum atomic E-state index is 12.9. The molecule has 0 N–H and O–H groups in total. The molecular formula is C21H33N3O2S. The summed E-state index contributed by atoms with van der Waals surface area (Å²) < 4.78 is 27.6. The van der Waals surface area contributed by atoms with Gasteiger partial charge in [-0.15, -0.1) is 0 Å². The van der Waals surface area contributed by atoms with Gasteiger partial charge in [-0.25, -0.2) is 8.42 Å².